The van der Waals surface area contributed by atoms with Crippen molar-refractivity contribution in [3.05, 3.63) is 29.8 Å². The first kappa shape index (κ1) is 24.1. The lowest BCUT2D eigenvalue weighted by atomic mass is 10.2. The van der Waals surface area contributed by atoms with Crippen LogP contribution in [-0.2, 0) is 0 Å². The van der Waals surface area contributed by atoms with Gasteiger partial charge in [0.2, 0.25) is 0 Å². The van der Waals surface area contributed by atoms with Crippen LogP contribution in [0.2, 0.25) is 0 Å². The minimum atomic E-state index is -0.407. The van der Waals surface area contributed by atoms with Crippen molar-refractivity contribution in [2.24, 2.45) is 4.99 Å². The Kier molecular flexibility index (Phi) is 9.35. The smallest absolute Gasteiger partial charge is 0.194 e. The third-order valence-corrected chi connectivity index (χ3v) is 5.59. The van der Waals surface area contributed by atoms with Gasteiger partial charge in [0.15, 0.2) is 5.96 Å². The lowest BCUT2D eigenvalue weighted by molar-refractivity contribution is 0.119. The number of piperazine rings is 2. The minimum absolute atomic E-state index is 0. The summed E-state index contributed by atoms with van der Waals surface area (Å²) < 4.78 is 27.6. The van der Waals surface area contributed by atoms with Crippen molar-refractivity contribution in [2.45, 2.75) is 13.0 Å². The molecule has 1 aromatic rings. The molecule has 3 rings (SSSR count). The van der Waals surface area contributed by atoms with Crippen LogP contribution in [0.15, 0.2) is 23.2 Å². The maximum Gasteiger partial charge on any atom is 0.194 e. The number of benzene rings is 1. The van der Waals surface area contributed by atoms with Crippen LogP contribution in [0.25, 0.3) is 0 Å². The molecule has 0 spiro atoms. The predicted molar refractivity (Wildman–Crippen MR) is 125 cm³/mol. The third kappa shape index (κ3) is 6.39. The van der Waals surface area contributed by atoms with E-state index in [2.05, 4.69) is 41.0 Å². The highest BCUT2D eigenvalue weighted by Gasteiger charge is 2.24. The quantitative estimate of drug-likeness (QED) is 0.372. The monoisotopic (exact) mass is 522 g/mol. The van der Waals surface area contributed by atoms with Crippen molar-refractivity contribution in [2.75, 3.05) is 77.9 Å². The summed E-state index contributed by atoms with van der Waals surface area (Å²) >= 11 is 0. The van der Waals surface area contributed by atoms with Crippen LogP contribution >= 0.6 is 24.0 Å². The number of nitrogens with zero attached hydrogens (tertiary/aromatic N) is 5. The minimum Gasteiger partial charge on any atom is -0.366 e. The SMILES string of the molecule is CCNC(=NCC1CN(C)CCN1C)N1CCN(c2cc(F)ccc2F)CC1.I. The molecule has 2 aliphatic heterocycles. The van der Waals surface area contributed by atoms with Crippen LogP contribution in [0.4, 0.5) is 14.5 Å². The highest BCUT2D eigenvalue weighted by molar-refractivity contribution is 14.0. The van der Waals surface area contributed by atoms with Gasteiger partial charge < -0.3 is 20.0 Å². The molecule has 0 bridgehead atoms. The normalized spacial score (nSPS) is 21.8. The molecule has 2 saturated heterocycles. The van der Waals surface area contributed by atoms with E-state index in [9.17, 15) is 8.78 Å². The molecule has 1 N–H and O–H groups in total. The summed E-state index contributed by atoms with van der Waals surface area (Å²) in [6.45, 7) is 9.51. The number of anilines is 1. The molecule has 0 radical (unpaired) electrons. The number of likely N-dealkylation sites (N-methyl/N-ethyl adjacent to an activating group) is 2. The Morgan fingerprint density at radius 2 is 1.83 bits per heavy atom. The van der Waals surface area contributed by atoms with Crippen LogP contribution < -0.4 is 10.2 Å². The zero-order valence-electron chi connectivity index (χ0n) is 17.6. The fraction of sp³-hybridized carbons (Fsp3) is 0.650. The molecule has 9 heteroatoms. The van der Waals surface area contributed by atoms with Gasteiger partial charge in [-0.2, -0.15) is 0 Å². The molecule has 6 nitrogen and oxygen atoms in total. The Hall–Kier alpha value is -1.20. The molecule has 0 aliphatic carbocycles. The first-order valence-electron chi connectivity index (χ1n) is 10.1. The zero-order valence-corrected chi connectivity index (χ0v) is 19.9. The Bertz CT molecular complexity index is 681. The largest absolute Gasteiger partial charge is 0.366 e. The summed E-state index contributed by atoms with van der Waals surface area (Å²) in [7, 11) is 4.31. The van der Waals surface area contributed by atoms with E-state index >= 15 is 0 Å². The molecule has 29 heavy (non-hydrogen) atoms. The molecule has 0 aromatic heterocycles. The summed E-state index contributed by atoms with van der Waals surface area (Å²) in [5.74, 6) is 0.124. The average molecular weight is 522 g/mol. The first-order chi connectivity index (χ1) is 13.5. The number of guanidine groups is 1. The van der Waals surface area contributed by atoms with Gasteiger partial charge in [-0.05, 0) is 33.2 Å². The van der Waals surface area contributed by atoms with Gasteiger partial charge in [-0.15, -0.1) is 24.0 Å². The van der Waals surface area contributed by atoms with E-state index in [0.29, 0.717) is 24.8 Å². The van der Waals surface area contributed by atoms with Crippen molar-refractivity contribution < 1.29 is 8.78 Å². The molecule has 164 valence electrons. The molecular formula is C20H33F2IN6. The lowest BCUT2D eigenvalue weighted by Crippen LogP contribution is -2.54. The van der Waals surface area contributed by atoms with Crippen molar-refractivity contribution in [1.29, 1.82) is 0 Å². The van der Waals surface area contributed by atoms with Crippen molar-refractivity contribution in [1.82, 2.24) is 20.0 Å². The van der Waals surface area contributed by atoms with Crippen LogP contribution in [0, 0.1) is 11.6 Å². The van der Waals surface area contributed by atoms with Gasteiger partial charge in [-0.3, -0.25) is 9.89 Å². The maximum absolute atomic E-state index is 14.1. The molecule has 1 unspecified atom stereocenters. The van der Waals surface area contributed by atoms with Gasteiger partial charge in [-0.1, -0.05) is 0 Å². The van der Waals surface area contributed by atoms with Gasteiger partial charge in [-0.25, -0.2) is 8.78 Å². The molecule has 0 saturated carbocycles. The number of hydrogen-bond donors (Lipinski definition) is 1. The lowest BCUT2D eigenvalue weighted by Gasteiger charge is -2.39. The number of aliphatic imine (C=N–C) groups is 1. The van der Waals surface area contributed by atoms with Crippen molar-refractivity contribution in [3.63, 3.8) is 0 Å². The van der Waals surface area contributed by atoms with Crippen molar-refractivity contribution >= 4 is 35.6 Å². The summed E-state index contributed by atoms with van der Waals surface area (Å²) in [6, 6.07) is 4.04. The Labute approximate surface area is 189 Å². The summed E-state index contributed by atoms with van der Waals surface area (Å²) in [5, 5.41) is 3.38. The summed E-state index contributed by atoms with van der Waals surface area (Å²) in [5.41, 5.74) is 0.341. The topological polar surface area (TPSA) is 37.4 Å². The van der Waals surface area contributed by atoms with Crippen LogP contribution in [0.1, 0.15) is 6.92 Å². The van der Waals surface area contributed by atoms with E-state index in [0.717, 1.165) is 57.8 Å². The molecule has 2 heterocycles. The second kappa shape index (κ2) is 11.3. The second-order valence-corrected chi connectivity index (χ2v) is 7.66. The number of hydrogen-bond acceptors (Lipinski definition) is 4. The predicted octanol–water partition coefficient (Wildman–Crippen LogP) is 1.92. The Morgan fingerprint density at radius 1 is 1.10 bits per heavy atom. The van der Waals surface area contributed by atoms with E-state index in [4.69, 9.17) is 4.99 Å². The fourth-order valence-corrected chi connectivity index (χ4v) is 3.80. The molecule has 0 amide bonds. The number of halogens is 3. The highest BCUT2D eigenvalue weighted by atomic mass is 127. The molecular weight excluding hydrogens is 489 g/mol. The molecule has 2 aliphatic rings. The van der Waals surface area contributed by atoms with Gasteiger partial charge in [0, 0.05) is 64.5 Å². The second-order valence-electron chi connectivity index (χ2n) is 7.66. The first-order valence-corrected chi connectivity index (χ1v) is 10.1. The number of nitrogens with one attached hydrogen (secondary N) is 1. The van der Waals surface area contributed by atoms with E-state index < -0.39 is 5.82 Å². The average Bonchev–Trinajstić information content (AvgIpc) is 2.69. The highest BCUT2D eigenvalue weighted by Crippen LogP contribution is 2.22. The standard InChI is InChI=1S/C20H32F2N6.HI/c1-4-23-20(24-14-17-15-25(2)7-8-26(17)3)28-11-9-27(10-12-28)19-13-16(21)5-6-18(19)22;/h5-6,13,17H,4,7-12,14-15H2,1-3H3,(H,23,24);1H. The van der Waals surface area contributed by atoms with Gasteiger partial charge in [0.25, 0.3) is 0 Å². The van der Waals surface area contributed by atoms with Crippen LogP contribution in [-0.4, -0.2) is 99.7 Å². The fourth-order valence-electron chi connectivity index (χ4n) is 3.80. The van der Waals surface area contributed by atoms with Crippen LogP contribution in [0.5, 0.6) is 0 Å². The zero-order chi connectivity index (χ0) is 20.1. The summed E-state index contributed by atoms with van der Waals surface area (Å²) in [4.78, 5) is 13.7. The van der Waals surface area contributed by atoms with E-state index in [1.807, 2.05) is 4.90 Å². The van der Waals surface area contributed by atoms with Gasteiger partial charge in [0.1, 0.15) is 11.6 Å². The van der Waals surface area contributed by atoms with Crippen LogP contribution in [0.3, 0.4) is 0 Å². The van der Waals surface area contributed by atoms with E-state index in [1.54, 1.807) is 0 Å². The van der Waals surface area contributed by atoms with Gasteiger partial charge >= 0.3 is 0 Å². The molecule has 2 fully saturated rings. The molecule has 1 atom stereocenters. The van der Waals surface area contributed by atoms with E-state index in [1.165, 1.54) is 12.1 Å². The number of rotatable bonds is 4. The Balaban J connectivity index is 0.00000300. The van der Waals surface area contributed by atoms with E-state index in [-0.39, 0.29) is 29.8 Å². The van der Waals surface area contributed by atoms with Crippen molar-refractivity contribution in [3.8, 4) is 0 Å². The molecule has 1 aromatic carbocycles. The third-order valence-electron chi connectivity index (χ3n) is 5.59. The summed E-state index contributed by atoms with van der Waals surface area (Å²) in [6.07, 6.45) is 0. The van der Waals surface area contributed by atoms with Gasteiger partial charge in [0.05, 0.1) is 12.2 Å². The maximum atomic E-state index is 14.1. The Morgan fingerprint density at radius 3 is 2.52 bits per heavy atom.